The van der Waals surface area contributed by atoms with Gasteiger partial charge in [0, 0.05) is 38.1 Å². The summed E-state index contributed by atoms with van der Waals surface area (Å²) in [5.74, 6) is 0.898. The Bertz CT molecular complexity index is 1180. The van der Waals surface area contributed by atoms with E-state index in [9.17, 15) is 4.79 Å². The number of carbonyl (C=O) groups is 1. The van der Waals surface area contributed by atoms with Crippen LogP contribution in [0.4, 0.5) is 4.79 Å². The monoisotopic (exact) mass is 485 g/mol. The van der Waals surface area contributed by atoms with Crippen LogP contribution in [0.15, 0.2) is 36.4 Å². The molecule has 0 saturated carbocycles. The number of hydrogen-bond donors (Lipinski definition) is 2. The molecule has 1 unspecified atom stereocenters. The maximum Gasteiger partial charge on any atom is 0.317 e. The molecule has 174 valence electrons. The topological polar surface area (TPSA) is 64.3 Å². The lowest BCUT2D eigenvalue weighted by atomic mass is 9.79. The quantitative estimate of drug-likeness (QED) is 0.521. The Morgan fingerprint density at radius 2 is 1.94 bits per heavy atom. The average Bonchev–Trinajstić information content (AvgIpc) is 3.36. The highest BCUT2D eigenvalue weighted by Crippen LogP contribution is 2.39. The third kappa shape index (κ3) is 4.98. The minimum atomic E-state index is 0.0258. The van der Waals surface area contributed by atoms with Crippen LogP contribution in [0.5, 0.6) is 0 Å². The van der Waals surface area contributed by atoms with Crippen LogP contribution in [-0.4, -0.2) is 52.0 Å². The van der Waals surface area contributed by atoms with Gasteiger partial charge in [-0.15, -0.1) is 0 Å². The van der Waals surface area contributed by atoms with Crippen molar-refractivity contribution in [3.8, 4) is 0 Å². The number of carbonyl (C=O) groups excluding carboxylic acids is 1. The van der Waals surface area contributed by atoms with Crippen molar-refractivity contribution in [3.63, 3.8) is 0 Å². The number of aromatic amines is 1. The third-order valence-corrected chi connectivity index (χ3v) is 7.70. The van der Waals surface area contributed by atoms with Crippen LogP contribution in [0.2, 0.25) is 10.0 Å². The number of likely N-dealkylation sites (tertiary alicyclic amines) is 2. The van der Waals surface area contributed by atoms with Crippen LogP contribution in [0.1, 0.15) is 36.2 Å². The molecule has 0 bridgehead atoms. The molecule has 0 radical (unpaired) electrons. The van der Waals surface area contributed by atoms with Gasteiger partial charge in [-0.1, -0.05) is 35.3 Å². The van der Waals surface area contributed by atoms with Crippen molar-refractivity contribution in [2.75, 3.05) is 26.2 Å². The molecular formula is C25H29Cl2N5O. The average molecular weight is 486 g/mol. The minimum Gasteiger partial charge on any atom is -0.342 e. The summed E-state index contributed by atoms with van der Waals surface area (Å²) in [5, 5.41) is 4.31. The van der Waals surface area contributed by atoms with Crippen LogP contribution in [0.3, 0.4) is 0 Å². The molecule has 3 heterocycles. The van der Waals surface area contributed by atoms with Gasteiger partial charge in [0.1, 0.15) is 5.82 Å². The number of aromatic nitrogens is 2. The molecule has 0 aliphatic carbocycles. The number of benzene rings is 2. The first-order valence-corrected chi connectivity index (χ1v) is 12.3. The van der Waals surface area contributed by atoms with E-state index in [1.807, 2.05) is 42.2 Å². The normalized spacial score (nSPS) is 21.2. The highest BCUT2D eigenvalue weighted by Gasteiger charge is 2.42. The van der Waals surface area contributed by atoms with E-state index in [4.69, 9.17) is 23.2 Å². The number of piperidine rings is 1. The first kappa shape index (κ1) is 22.5. The van der Waals surface area contributed by atoms with Crippen LogP contribution in [0.25, 0.3) is 11.0 Å². The van der Waals surface area contributed by atoms with E-state index in [1.54, 1.807) is 0 Å². The number of nitrogens with zero attached hydrogens (tertiary/aromatic N) is 3. The van der Waals surface area contributed by atoms with Crippen molar-refractivity contribution < 1.29 is 4.79 Å². The van der Waals surface area contributed by atoms with Gasteiger partial charge in [0.05, 0.1) is 21.1 Å². The number of nitrogens with one attached hydrogen (secondary N) is 2. The lowest BCUT2D eigenvalue weighted by molar-refractivity contribution is 0.107. The Hall–Kier alpha value is -2.28. The van der Waals surface area contributed by atoms with E-state index in [-0.39, 0.29) is 11.4 Å². The second-order valence-corrected chi connectivity index (χ2v) is 10.4. The number of hydrogen-bond acceptors (Lipinski definition) is 3. The van der Waals surface area contributed by atoms with Crippen molar-refractivity contribution in [1.29, 1.82) is 0 Å². The molecule has 3 aromatic rings. The van der Waals surface area contributed by atoms with Crippen molar-refractivity contribution in [3.05, 3.63) is 63.4 Å². The SMILES string of the molecule is Cc1nc2ccc(CNC(=O)N3CCCC4(CCN(Cc5ccc(Cl)c(Cl)c5)C4)C3)cc2[nH]1. The molecule has 5 rings (SSSR count). The second-order valence-electron chi connectivity index (χ2n) is 9.57. The van der Waals surface area contributed by atoms with E-state index >= 15 is 0 Å². The number of aryl methyl sites for hydroxylation is 1. The minimum absolute atomic E-state index is 0.0258. The molecule has 2 amide bonds. The highest BCUT2D eigenvalue weighted by atomic mass is 35.5. The molecular weight excluding hydrogens is 457 g/mol. The zero-order valence-electron chi connectivity index (χ0n) is 18.8. The Morgan fingerprint density at radius 3 is 2.79 bits per heavy atom. The summed E-state index contributed by atoms with van der Waals surface area (Å²) in [6, 6.07) is 12.0. The van der Waals surface area contributed by atoms with Gasteiger partial charge < -0.3 is 15.2 Å². The summed E-state index contributed by atoms with van der Waals surface area (Å²) in [7, 11) is 0. The molecule has 2 fully saturated rings. The molecule has 1 spiro atoms. The van der Waals surface area contributed by atoms with Crippen molar-refractivity contribution in [2.45, 2.75) is 39.3 Å². The van der Waals surface area contributed by atoms with Crippen molar-refractivity contribution >= 4 is 40.3 Å². The van der Waals surface area contributed by atoms with Gasteiger partial charge in [-0.3, -0.25) is 4.90 Å². The van der Waals surface area contributed by atoms with E-state index in [0.29, 0.717) is 16.6 Å². The first-order chi connectivity index (χ1) is 15.9. The molecule has 2 aliphatic rings. The van der Waals surface area contributed by atoms with E-state index in [1.165, 1.54) is 12.0 Å². The zero-order valence-corrected chi connectivity index (χ0v) is 20.3. The predicted octanol–water partition coefficient (Wildman–Crippen LogP) is 5.38. The third-order valence-electron chi connectivity index (χ3n) is 6.96. The molecule has 2 aromatic carbocycles. The predicted molar refractivity (Wildman–Crippen MR) is 133 cm³/mol. The number of fused-ring (bicyclic) bond motifs is 1. The molecule has 2 aliphatic heterocycles. The Kier molecular flexibility index (Phi) is 6.25. The second kappa shape index (κ2) is 9.16. The largest absolute Gasteiger partial charge is 0.342 e. The van der Waals surface area contributed by atoms with Crippen LogP contribution in [0, 0.1) is 12.3 Å². The van der Waals surface area contributed by atoms with Crippen molar-refractivity contribution in [1.82, 2.24) is 25.1 Å². The van der Waals surface area contributed by atoms with E-state index in [0.717, 1.165) is 68.0 Å². The van der Waals surface area contributed by atoms with E-state index < -0.39 is 0 Å². The molecule has 1 atom stereocenters. The first-order valence-electron chi connectivity index (χ1n) is 11.5. The van der Waals surface area contributed by atoms with Crippen LogP contribution in [-0.2, 0) is 13.1 Å². The van der Waals surface area contributed by atoms with Gasteiger partial charge in [-0.2, -0.15) is 0 Å². The molecule has 6 nitrogen and oxygen atoms in total. The zero-order chi connectivity index (χ0) is 23.0. The Morgan fingerprint density at radius 1 is 1.09 bits per heavy atom. The van der Waals surface area contributed by atoms with Gasteiger partial charge in [-0.05, 0) is 68.1 Å². The molecule has 2 saturated heterocycles. The standard InChI is InChI=1S/C25H29Cl2N5O/c1-17-29-22-6-4-18(12-23(22)30-17)13-28-24(33)32-9-2-7-25(16-32)8-10-31(15-25)14-19-3-5-20(26)21(27)11-19/h3-6,11-12H,2,7-10,13-16H2,1H3,(H,28,33)(H,29,30). The molecule has 8 heteroatoms. The summed E-state index contributed by atoms with van der Waals surface area (Å²) < 4.78 is 0. The lowest BCUT2D eigenvalue weighted by Crippen LogP contribution is -2.50. The summed E-state index contributed by atoms with van der Waals surface area (Å²) in [6.45, 7) is 7.00. The van der Waals surface area contributed by atoms with Crippen molar-refractivity contribution in [2.24, 2.45) is 5.41 Å². The fourth-order valence-corrected chi connectivity index (χ4v) is 5.68. The lowest BCUT2D eigenvalue weighted by Gasteiger charge is -2.40. The summed E-state index contributed by atoms with van der Waals surface area (Å²) in [5.41, 5.74) is 4.38. The molecule has 1 aromatic heterocycles. The smallest absolute Gasteiger partial charge is 0.317 e. The van der Waals surface area contributed by atoms with Crippen LogP contribution >= 0.6 is 23.2 Å². The Balaban J connectivity index is 1.17. The number of amides is 2. The number of urea groups is 1. The fourth-order valence-electron chi connectivity index (χ4n) is 5.36. The maximum atomic E-state index is 13.0. The summed E-state index contributed by atoms with van der Waals surface area (Å²) in [4.78, 5) is 25.1. The number of halogens is 2. The van der Waals surface area contributed by atoms with Gasteiger partial charge in [0.2, 0.25) is 0 Å². The highest BCUT2D eigenvalue weighted by molar-refractivity contribution is 6.42. The fraction of sp³-hybridized carbons (Fsp3) is 0.440. The van der Waals surface area contributed by atoms with Gasteiger partial charge >= 0.3 is 6.03 Å². The Labute approximate surface area is 204 Å². The summed E-state index contributed by atoms with van der Waals surface area (Å²) >= 11 is 12.3. The van der Waals surface area contributed by atoms with E-state index in [2.05, 4.69) is 26.3 Å². The summed E-state index contributed by atoms with van der Waals surface area (Å²) in [6.07, 6.45) is 3.34. The van der Waals surface area contributed by atoms with Gasteiger partial charge in [0.25, 0.3) is 0 Å². The number of imidazole rings is 1. The van der Waals surface area contributed by atoms with Crippen LogP contribution < -0.4 is 5.32 Å². The molecule has 33 heavy (non-hydrogen) atoms. The maximum absolute atomic E-state index is 13.0. The van der Waals surface area contributed by atoms with Gasteiger partial charge in [0.15, 0.2) is 0 Å². The number of H-pyrrole nitrogens is 1. The number of rotatable bonds is 4. The van der Waals surface area contributed by atoms with Gasteiger partial charge in [-0.25, -0.2) is 9.78 Å². The molecule has 2 N–H and O–H groups in total.